The van der Waals surface area contributed by atoms with E-state index in [1.54, 1.807) is 0 Å². The number of carbonyl (C=O) groups excluding carboxylic acids is 1. The van der Waals surface area contributed by atoms with Gasteiger partial charge in [0, 0.05) is 19.0 Å². The summed E-state index contributed by atoms with van der Waals surface area (Å²) in [5.41, 5.74) is 6.79. The number of amides is 1. The lowest BCUT2D eigenvalue weighted by atomic mass is 9.99. The summed E-state index contributed by atoms with van der Waals surface area (Å²) in [6, 6.07) is 10.4. The van der Waals surface area contributed by atoms with Crippen molar-refractivity contribution in [1.29, 1.82) is 0 Å². The highest BCUT2D eigenvalue weighted by atomic mass is 35.5. The van der Waals surface area contributed by atoms with Crippen LogP contribution in [0.5, 0.6) is 0 Å². The molecule has 1 heterocycles. The zero-order valence-corrected chi connectivity index (χ0v) is 11.2. The van der Waals surface area contributed by atoms with E-state index in [9.17, 15) is 4.79 Å². The minimum Gasteiger partial charge on any atom is -0.340 e. The van der Waals surface area contributed by atoms with Gasteiger partial charge in [-0.15, -0.1) is 12.4 Å². The molecule has 2 N–H and O–H groups in total. The topological polar surface area (TPSA) is 46.3 Å². The van der Waals surface area contributed by atoms with E-state index in [1.807, 2.05) is 11.0 Å². The maximum Gasteiger partial charge on any atom is 0.242 e. The maximum atomic E-state index is 12.1. The van der Waals surface area contributed by atoms with Crippen molar-refractivity contribution in [2.24, 2.45) is 5.73 Å². The van der Waals surface area contributed by atoms with Crippen molar-refractivity contribution < 1.29 is 4.79 Å². The Morgan fingerprint density at radius 2 is 1.94 bits per heavy atom. The molecule has 3 nitrogen and oxygen atoms in total. The van der Waals surface area contributed by atoms with Crippen molar-refractivity contribution in [3.8, 4) is 0 Å². The van der Waals surface area contributed by atoms with E-state index in [1.165, 1.54) is 5.56 Å². The van der Waals surface area contributed by atoms with Gasteiger partial charge in [-0.25, -0.2) is 0 Å². The van der Waals surface area contributed by atoms with E-state index < -0.39 is 5.54 Å². The summed E-state index contributed by atoms with van der Waals surface area (Å²) in [6.45, 7) is 1.69. The molecule has 0 spiro atoms. The quantitative estimate of drug-likeness (QED) is 0.889. The first-order valence-corrected chi connectivity index (χ1v) is 6.32. The van der Waals surface area contributed by atoms with Crippen LogP contribution in [-0.2, 0) is 4.79 Å². The van der Waals surface area contributed by atoms with Gasteiger partial charge in [-0.2, -0.15) is 0 Å². The summed E-state index contributed by atoms with van der Waals surface area (Å²) in [5.74, 6) is 0.651. The number of carbonyl (C=O) groups is 1. The van der Waals surface area contributed by atoms with Gasteiger partial charge in [-0.3, -0.25) is 4.79 Å². The number of benzene rings is 1. The highest BCUT2D eigenvalue weighted by Gasteiger charge is 2.49. The third kappa shape index (κ3) is 2.38. The Hall–Kier alpha value is -1.06. The Bertz CT molecular complexity index is 431. The van der Waals surface area contributed by atoms with E-state index in [0.29, 0.717) is 5.92 Å². The SMILES string of the molecule is Cl.NC1(C(=O)N2CCC(c3ccccc3)C2)CC1. The molecule has 0 radical (unpaired) electrons. The molecule has 2 aliphatic rings. The minimum absolute atomic E-state index is 0. The normalized spacial score (nSPS) is 24.5. The van der Waals surface area contributed by atoms with Gasteiger partial charge in [0.2, 0.25) is 5.91 Å². The second kappa shape index (κ2) is 4.90. The minimum atomic E-state index is -0.508. The van der Waals surface area contributed by atoms with Gasteiger partial charge in [0.25, 0.3) is 0 Å². The van der Waals surface area contributed by atoms with Crippen LogP contribution in [0, 0.1) is 0 Å². The lowest BCUT2D eigenvalue weighted by molar-refractivity contribution is -0.132. The van der Waals surface area contributed by atoms with Gasteiger partial charge in [0.05, 0.1) is 5.54 Å². The third-order valence-corrected chi connectivity index (χ3v) is 3.96. The highest BCUT2D eigenvalue weighted by Crippen LogP contribution is 2.37. The first-order valence-electron chi connectivity index (χ1n) is 6.32. The molecule has 0 aromatic heterocycles. The molecule has 1 saturated heterocycles. The van der Waals surface area contributed by atoms with Gasteiger partial charge in [0.1, 0.15) is 0 Å². The number of halogens is 1. The van der Waals surface area contributed by atoms with Crippen LogP contribution in [0.25, 0.3) is 0 Å². The van der Waals surface area contributed by atoms with E-state index in [0.717, 1.165) is 32.4 Å². The summed E-state index contributed by atoms with van der Waals surface area (Å²) in [4.78, 5) is 14.1. The monoisotopic (exact) mass is 266 g/mol. The molecule has 1 aromatic carbocycles. The number of hydrogen-bond acceptors (Lipinski definition) is 2. The molecule has 3 rings (SSSR count). The Balaban J connectivity index is 0.00000120. The van der Waals surface area contributed by atoms with Gasteiger partial charge < -0.3 is 10.6 Å². The average molecular weight is 267 g/mol. The van der Waals surface area contributed by atoms with Crippen molar-refractivity contribution >= 4 is 18.3 Å². The van der Waals surface area contributed by atoms with Crippen LogP contribution in [0.15, 0.2) is 30.3 Å². The molecule has 1 aliphatic carbocycles. The Kier molecular flexibility index (Phi) is 3.64. The van der Waals surface area contributed by atoms with Crippen molar-refractivity contribution in [3.05, 3.63) is 35.9 Å². The molecule has 1 atom stereocenters. The summed E-state index contributed by atoms with van der Waals surface area (Å²) in [5, 5.41) is 0. The Morgan fingerprint density at radius 1 is 1.28 bits per heavy atom. The van der Waals surface area contributed by atoms with E-state index in [-0.39, 0.29) is 18.3 Å². The predicted octanol–water partition coefficient (Wildman–Crippen LogP) is 1.92. The Morgan fingerprint density at radius 3 is 2.56 bits per heavy atom. The van der Waals surface area contributed by atoms with Gasteiger partial charge in [0.15, 0.2) is 0 Å². The molecule has 1 amide bonds. The summed E-state index contributed by atoms with van der Waals surface area (Å²) in [7, 11) is 0. The van der Waals surface area contributed by atoms with E-state index in [2.05, 4.69) is 24.3 Å². The van der Waals surface area contributed by atoms with Crippen molar-refractivity contribution in [2.45, 2.75) is 30.7 Å². The van der Waals surface area contributed by atoms with Crippen molar-refractivity contribution in [2.75, 3.05) is 13.1 Å². The second-order valence-electron chi connectivity index (χ2n) is 5.30. The van der Waals surface area contributed by atoms with Crippen LogP contribution in [0.3, 0.4) is 0 Å². The van der Waals surface area contributed by atoms with E-state index in [4.69, 9.17) is 5.73 Å². The molecule has 0 bridgehead atoms. The average Bonchev–Trinajstić information content (AvgIpc) is 2.95. The number of likely N-dealkylation sites (tertiary alicyclic amines) is 1. The number of nitrogens with zero attached hydrogens (tertiary/aromatic N) is 1. The fourth-order valence-electron chi connectivity index (χ4n) is 2.61. The largest absolute Gasteiger partial charge is 0.340 e. The van der Waals surface area contributed by atoms with Crippen LogP contribution in [0.2, 0.25) is 0 Å². The molecule has 18 heavy (non-hydrogen) atoms. The first kappa shape index (κ1) is 13.4. The lowest BCUT2D eigenvalue weighted by Crippen LogP contribution is -2.44. The number of nitrogens with two attached hydrogens (primary N) is 1. The molecule has 1 aliphatic heterocycles. The zero-order chi connectivity index (χ0) is 11.9. The first-order chi connectivity index (χ1) is 8.19. The summed E-state index contributed by atoms with van der Waals surface area (Å²) >= 11 is 0. The smallest absolute Gasteiger partial charge is 0.242 e. The standard InChI is InChI=1S/C14H18N2O.ClH/c15-14(7-8-14)13(17)16-9-6-12(10-16)11-4-2-1-3-5-11;/h1-5,12H,6-10,15H2;1H. The number of rotatable bonds is 2. The fourth-order valence-corrected chi connectivity index (χ4v) is 2.61. The summed E-state index contributed by atoms with van der Waals surface area (Å²) < 4.78 is 0. The molecule has 2 fully saturated rings. The second-order valence-corrected chi connectivity index (χ2v) is 5.30. The predicted molar refractivity (Wildman–Crippen MR) is 73.8 cm³/mol. The fraction of sp³-hybridized carbons (Fsp3) is 0.500. The molecule has 1 aromatic rings. The summed E-state index contributed by atoms with van der Waals surface area (Å²) in [6.07, 6.45) is 2.78. The van der Waals surface area contributed by atoms with Crippen LogP contribution in [0.1, 0.15) is 30.7 Å². The van der Waals surface area contributed by atoms with Crippen molar-refractivity contribution in [1.82, 2.24) is 4.90 Å². The molecule has 1 unspecified atom stereocenters. The zero-order valence-electron chi connectivity index (χ0n) is 10.3. The van der Waals surface area contributed by atoms with E-state index >= 15 is 0 Å². The van der Waals surface area contributed by atoms with Crippen molar-refractivity contribution in [3.63, 3.8) is 0 Å². The van der Waals surface area contributed by atoms with Crippen LogP contribution >= 0.6 is 12.4 Å². The molecule has 4 heteroatoms. The molecular formula is C14H19ClN2O. The maximum absolute atomic E-state index is 12.1. The lowest BCUT2D eigenvalue weighted by Gasteiger charge is -2.20. The van der Waals surface area contributed by atoms with Gasteiger partial charge in [-0.05, 0) is 24.8 Å². The third-order valence-electron chi connectivity index (χ3n) is 3.96. The van der Waals surface area contributed by atoms with Gasteiger partial charge >= 0.3 is 0 Å². The highest BCUT2D eigenvalue weighted by molar-refractivity contribution is 5.89. The van der Waals surface area contributed by atoms with Crippen LogP contribution < -0.4 is 5.73 Å². The van der Waals surface area contributed by atoms with Crippen LogP contribution in [-0.4, -0.2) is 29.4 Å². The van der Waals surface area contributed by atoms with Crippen LogP contribution in [0.4, 0.5) is 0 Å². The Labute approximate surface area is 114 Å². The molecule has 1 saturated carbocycles. The molecule has 98 valence electrons. The molecular weight excluding hydrogens is 248 g/mol. The number of hydrogen-bond donors (Lipinski definition) is 1. The van der Waals surface area contributed by atoms with Gasteiger partial charge in [-0.1, -0.05) is 30.3 Å².